The number of halogens is 1. The molecule has 0 saturated heterocycles. The Morgan fingerprint density at radius 2 is 2.00 bits per heavy atom. The molecule has 126 valence electrons. The predicted octanol–water partition coefficient (Wildman–Crippen LogP) is 3.62. The van der Waals surface area contributed by atoms with Crippen LogP contribution in [0.2, 0.25) is 5.02 Å². The molecular weight excluding hydrogens is 332 g/mol. The topological polar surface area (TPSA) is 69.2 Å². The van der Waals surface area contributed by atoms with Crippen LogP contribution in [0.15, 0.2) is 47.6 Å². The number of carbonyl (C=O) groups is 1. The third-order valence-corrected chi connectivity index (χ3v) is 3.31. The molecule has 0 aromatic heterocycles. The smallest absolute Gasteiger partial charge is 0.427 e. The average Bonchev–Trinajstić information content (AvgIpc) is 2.61. The van der Waals surface area contributed by atoms with Gasteiger partial charge in [0.05, 0.1) is 25.5 Å². The van der Waals surface area contributed by atoms with Gasteiger partial charge < -0.3 is 14.2 Å². The number of ether oxygens (including phenoxy) is 3. The van der Waals surface area contributed by atoms with Gasteiger partial charge in [0.2, 0.25) is 0 Å². The predicted molar refractivity (Wildman–Crippen MR) is 91.9 cm³/mol. The Kier molecular flexibility index (Phi) is 6.45. The highest BCUT2D eigenvalue weighted by atomic mass is 35.5. The molecule has 6 nitrogen and oxygen atoms in total. The fourth-order valence-electron chi connectivity index (χ4n) is 1.89. The molecule has 0 aliphatic rings. The largest absolute Gasteiger partial charge is 0.493 e. The maximum Gasteiger partial charge on any atom is 0.427 e. The summed E-state index contributed by atoms with van der Waals surface area (Å²) in [6.07, 6.45) is 0.763. The lowest BCUT2D eigenvalue weighted by molar-refractivity contribution is 0.171. The van der Waals surface area contributed by atoms with Crippen LogP contribution >= 0.6 is 11.6 Å². The standard InChI is InChI=1S/C17H17ClN2O4/c1-22-15-9-13(10-19-20-17(21)23-2)8-14(18)16(15)24-11-12-6-4-3-5-7-12/h3-10H,11H2,1-2H3,(H,20,21)/b19-10+. The number of carbonyl (C=O) groups excluding carboxylic acids is 1. The van der Waals surface area contributed by atoms with Crippen LogP contribution in [0.5, 0.6) is 11.5 Å². The second-order valence-electron chi connectivity index (χ2n) is 4.67. The van der Waals surface area contributed by atoms with Gasteiger partial charge in [-0.3, -0.25) is 0 Å². The van der Waals surface area contributed by atoms with Crippen LogP contribution < -0.4 is 14.9 Å². The van der Waals surface area contributed by atoms with E-state index in [1.807, 2.05) is 30.3 Å². The van der Waals surface area contributed by atoms with Crippen molar-refractivity contribution in [2.45, 2.75) is 6.61 Å². The van der Waals surface area contributed by atoms with E-state index in [0.29, 0.717) is 28.7 Å². The highest BCUT2D eigenvalue weighted by molar-refractivity contribution is 6.32. The third-order valence-electron chi connectivity index (χ3n) is 3.03. The van der Waals surface area contributed by atoms with Crippen molar-refractivity contribution in [2.75, 3.05) is 14.2 Å². The van der Waals surface area contributed by atoms with Gasteiger partial charge >= 0.3 is 6.09 Å². The first-order valence-corrected chi connectivity index (χ1v) is 7.43. The van der Waals surface area contributed by atoms with Crippen molar-refractivity contribution in [2.24, 2.45) is 5.10 Å². The van der Waals surface area contributed by atoms with Gasteiger partial charge in [-0.25, -0.2) is 10.2 Å². The lowest BCUT2D eigenvalue weighted by Gasteiger charge is -2.13. The van der Waals surface area contributed by atoms with E-state index >= 15 is 0 Å². The maximum atomic E-state index is 10.9. The van der Waals surface area contributed by atoms with Crippen molar-refractivity contribution >= 4 is 23.9 Å². The number of amides is 1. The summed E-state index contributed by atoms with van der Waals surface area (Å²) in [4.78, 5) is 10.9. The Bertz CT molecular complexity index is 720. The number of methoxy groups -OCH3 is 2. The normalized spacial score (nSPS) is 10.5. The number of hydrazone groups is 1. The number of rotatable bonds is 6. The number of benzene rings is 2. The van der Waals surface area contributed by atoms with Crippen molar-refractivity contribution < 1.29 is 19.0 Å². The fourth-order valence-corrected chi connectivity index (χ4v) is 2.16. The van der Waals surface area contributed by atoms with Gasteiger partial charge in [-0.2, -0.15) is 5.10 Å². The molecule has 0 unspecified atom stereocenters. The lowest BCUT2D eigenvalue weighted by Crippen LogP contribution is -2.16. The van der Waals surface area contributed by atoms with E-state index < -0.39 is 6.09 Å². The first-order valence-electron chi connectivity index (χ1n) is 7.05. The zero-order chi connectivity index (χ0) is 17.4. The zero-order valence-electron chi connectivity index (χ0n) is 13.3. The maximum absolute atomic E-state index is 10.9. The Hall–Kier alpha value is -2.73. The fraction of sp³-hybridized carbons (Fsp3) is 0.176. The summed E-state index contributed by atoms with van der Waals surface area (Å²) >= 11 is 6.27. The Labute approximate surface area is 145 Å². The summed E-state index contributed by atoms with van der Waals surface area (Å²) in [6, 6.07) is 13.1. The van der Waals surface area contributed by atoms with Crippen LogP contribution in [0.4, 0.5) is 4.79 Å². The highest BCUT2D eigenvalue weighted by Gasteiger charge is 2.12. The molecule has 0 fully saturated rings. The van der Waals surface area contributed by atoms with Crippen molar-refractivity contribution in [1.29, 1.82) is 0 Å². The summed E-state index contributed by atoms with van der Waals surface area (Å²) < 4.78 is 15.5. The van der Waals surface area contributed by atoms with E-state index in [-0.39, 0.29) is 0 Å². The molecule has 0 aliphatic heterocycles. The molecule has 2 rings (SSSR count). The second kappa shape index (κ2) is 8.79. The molecular formula is C17H17ClN2O4. The summed E-state index contributed by atoms with van der Waals surface area (Å²) in [6.45, 7) is 0.369. The molecule has 0 saturated carbocycles. The van der Waals surface area contributed by atoms with E-state index in [0.717, 1.165) is 5.56 Å². The first kappa shape index (κ1) is 17.6. The minimum atomic E-state index is -0.660. The molecule has 1 amide bonds. The van der Waals surface area contributed by atoms with Gasteiger partial charge in [-0.15, -0.1) is 0 Å². The van der Waals surface area contributed by atoms with E-state index in [2.05, 4.69) is 15.3 Å². The van der Waals surface area contributed by atoms with E-state index in [9.17, 15) is 4.79 Å². The molecule has 0 heterocycles. The van der Waals surface area contributed by atoms with Crippen molar-refractivity contribution in [3.05, 3.63) is 58.6 Å². The number of hydrogen-bond donors (Lipinski definition) is 1. The molecule has 2 aromatic rings. The zero-order valence-corrected chi connectivity index (χ0v) is 14.0. The molecule has 24 heavy (non-hydrogen) atoms. The minimum absolute atomic E-state index is 0.369. The SMILES string of the molecule is COC(=O)N/N=C/c1cc(Cl)c(OCc2ccccc2)c(OC)c1. The van der Waals surface area contributed by atoms with Crippen LogP contribution in [-0.4, -0.2) is 26.5 Å². The van der Waals surface area contributed by atoms with Crippen LogP contribution in [0.3, 0.4) is 0 Å². The van der Waals surface area contributed by atoms with E-state index in [1.165, 1.54) is 20.4 Å². The Balaban J connectivity index is 2.13. The van der Waals surface area contributed by atoms with Crippen LogP contribution in [0.25, 0.3) is 0 Å². The van der Waals surface area contributed by atoms with Crippen molar-refractivity contribution in [3.63, 3.8) is 0 Å². The second-order valence-corrected chi connectivity index (χ2v) is 5.08. The first-order chi connectivity index (χ1) is 11.6. The summed E-state index contributed by atoms with van der Waals surface area (Å²) in [5, 5.41) is 4.13. The highest BCUT2D eigenvalue weighted by Crippen LogP contribution is 2.36. The van der Waals surface area contributed by atoms with Gasteiger partial charge in [-0.05, 0) is 23.3 Å². The van der Waals surface area contributed by atoms with Gasteiger partial charge in [0.25, 0.3) is 0 Å². The number of nitrogens with zero attached hydrogens (tertiary/aromatic N) is 1. The van der Waals surface area contributed by atoms with Crippen molar-refractivity contribution in [1.82, 2.24) is 5.43 Å². The van der Waals surface area contributed by atoms with Gasteiger partial charge in [0.15, 0.2) is 11.5 Å². The summed E-state index contributed by atoms with van der Waals surface area (Å²) in [7, 11) is 2.78. The molecule has 1 N–H and O–H groups in total. The van der Waals surface area contributed by atoms with Gasteiger partial charge in [0.1, 0.15) is 6.61 Å². The van der Waals surface area contributed by atoms with Gasteiger partial charge in [0, 0.05) is 0 Å². The molecule has 2 aromatic carbocycles. The molecule has 7 heteroatoms. The van der Waals surface area contributed by atoms with Crippen LogP contribution in [0, 0.1) is 0 Å². The Morgan fingerprint density at radius 3 is 2.67 bits per heavy atom. The van der Waals surface area contributed by atoms with E-state index in [4.69, 9.17) is 21.1 Å². The minimum Gasteiger partial charge on any atom is -0.493 e. The van der Waals surface area contributed by atoms with Crippen LogP contribution in [-0.2, 0) is 11.3 Å². The quantitative estimate of drug-likeness (QED) is 0.639. The van der Waals surface area contributed by atoms with Gasteiger partial charge in [-0.1, -0.05) is 41.9 Å². The molecule has 0 bridgehead atoms. The third kappa shape index (κ3) is 4.89. The molecule has 0 spiro atoms. The monoisotopic (exact) mass is 348 g/mol. The molecule has 0 radical (unpaired) electrons. The summed E-state index contributed by atoms with van der Waals surface area (Å²) in [5.41, 5.74) is 3.85. The van der Waals surface area contributed by atoms with Crippen molar-refractivity contribution in [3.8, 4) is 11.5 Å². The average molecular weight is 349 g/mol. The Morgan fingerprint density at radius 1 is 1.25 bits per heavy atom. The molecule has 0 aliphatic carbocycles. The van der Waals surface area contributed by atoms with E-state index in [1.54, 1.807) is 12.1 Å². The lowest BCUT2D eigenvalue weighted by atomic mass is 10.2. The number of nitrogens with one attached hydrogen (secondary N) is 1. The number of hydrogen-bond acceptors (Lipinski definition) is 5. The summed E-state index contributed by atoms with van der Waals surface area (Å²) in [5.74, 6) is 0.916. The molecule has 0 atom stereocenters. The van der Waals surface area contributed by atoms with Crippen LogP contribution in [0.1, 0.15) is 11.1 Å².